The SMILES string of the molecule is CCc1nc2ncn(Cc3cc(C)c(O)c(C)c3)c2c(=O)[nH]1. The van der Waals surface area contributed by atoms with E-state index in [1.165, 1.54) is 0 Å². The van der Waals surface area contributed by atoms with Gasteiger partial charge in [0.25, 0.3) is 5.56 Å². The van der Waals surface area contributed by atoms with Crippen molar-refractivity contribution in [1.82, 2.24) is 19.5 Å². The number of fused-ring (bicyclic) bond motifs is 1. The van der Waals surface area contributed by atoms with Crippen molar-refractivity contribution in [3.63, 3.8) is 0 Å². The number of nitrogens with one attached hydrogen (secondary N) is 1. The van der Waals surface area contributed by atoms with E-state index in [0.29, 0.717) is 35.7 Å². The predicted molar refractivity (Wildman–Crippen MR) is 84.2 cm³/mol. The van der Waals surface area contributed by atoms with Gasteiger partial charge < -0.3 is 14.7 Å². The molecule has 0 aliphatic heterocycles. The van der Waals surface area contributed by atoms with Gasteiger partial charge in [0.15, 0.2) is 11.2 Å². The lowest BCUT2D eigenvalue weighted by Gasteiger charge is -2.09. The number of imidazole rings is 1. The normalized spacial score (nSPS) is 11.2. The van der Waals surface area contributed by atoms with Crippen LogP contribution in [0.2, 0.25) is 0 Å². The average molecular weight is 298 g/mol. The first-order valence-electron chi connectivity index (χ1n) is 7.22. The molecule has 0 bridgehead atoms. The lowest BCUT2D eigenvalue weighted by Crippen LogP contribution is -2.15. The summed E-state index contributed by atoms with van der Waals surface area (Å²) in [6.07, 6.45) is 2.29. The van der Waals surface area contributed by atoms with Gasteiger partial charge in [0.05, 0.1) is 6.33 Å². The first-order valence-corrected chi connectivity index (χ1v) is 7.22. The molecule has 2 aromatic heterocycles. The smallest absolute Gasteiger partial charge is 0.277 e. The summed E-state index contributed by atoms with van der Waals surface area (Å²) in [6.45, 7) is 6.16. The van der Waals surface area contributed by atoms with Crippen LogP contribution in [0.4, 0.5) is 0 Å². The number of hydrogen-bond acceptors (Lipinski definition) is 4. The number of aryl methyl sites for hydroxylation is 3. The van der Waals surface area contributed by atoms with E-state index < -0.39 is 0 Å². The van der Waals surface area contributed by atoms with Crippen LogP contribution in [0.5, 0.6) is 5.75 Å². The molecule has 22 heavy (non-hydrogen) atoms. The van der Waals surface area contributed by atoms with Crippen molar-refractivity contribution in [3.05, 3.63) is 51.3 Å². The number of benzene rings is 1. The standard InChI is InChI=1S/C16H18N4O2/c1-4-12-18-15-13(16(22)19-12)20(8-17-15)7-11-5-9(2)14(21)10(3)6-11/h5-6,8,21H,4,7H2,1-3H3,(H,18,19,22). The maximum atomic E-state index is 12.2. The highest BCUT2D eigenvalue weighted by Gasteiger charge is 2.11. The third kappa shape index (κ3) is 2.36. The van der Waals surface area contributed by atoms with Crippen LogP contribution in [-0.4, -0.2) is 24.6 Å². The highest BCUT2D eigenvalue weighted by molar-refractivity contribution is 5.69. The summed E-state index contributed by atoms with van der Waals surface area (Å²) in [5.74, 6) is 0.949. The van der Waals surface area contributed by atoms with E-state index in [2.05, 4.69) is 15.0 Å². The molecular weight excluding hydrogens is 280 g/mol. The second kappa shape index (κ2) is 5.29. The molecule has 3 aromatic rings. The zero-order valence-electron chi connectivity index (χ0n) is 12.8. The van der Waals surface area contributed by atoms with E-state index in [9.17, 15) is 9.90 Å². The summed E-state index contributed by atoms with van der Waals surface area (Å²) < 4.78 is 1.78. The Bertz CT molecular complexity index is 885. The van der Waals surface area contributed by atoms with Gasteiger partial charge in [0, 0.05) is 13.0 Å². The van der Waals surface area contributed by atoms with Crippen molar-refractivity contribution < 1.29 is 5.11 Å². The van der Waals surface area contributed by atoms with Gasteiger partial charge in [-0.3, -0.25) is 4.79 Å². The Morgan fingerprint density at radius 1 is 1.27 bits per heavy atom. The van der Waals surface area contributed by atoms with Crippen molar-refractivity contribution in [2.45, 2.75) is 33.7 Å². The van der Waals surface area contributed by atoms with Gasteiger partial charge in [-0.25, -0.2) is 9.97 Å². The van der Waals surface area contributed by atoms with Gasteiger partial charge in [-0.1, -0.05) is 19.1 Å². The van der Waals surface area contributed by atoms with Crippen LogP contribution in [0.3, 0.4) is 0 Å². The number of aromatic nitrogens is 4. The molecule has 2 N–H and O–H groups in total. The predicted octanol–water partition coefficient (Wildman–Crippen LogP) is 2.05. The maximum Gasteiger partial charge on any atom is 0.277 e. The molecular formula is C16H18N4O2. The lowest BCUT2D eigenvalue weighted by molar-refractivity contribution is 0.466. The van der Waals surface area contributed by atoms with Crippen molar-refractivity contribution in [2.75, 3.05) is 0 Å². The van der Waals surface area contributed by atoms with Crippen LogP contribution in [-0.2, 0) is 13.0 Å². The molecule has 0 aliphatic carbocycles. The molecule has 0 saturated carbocycles. The van der Waals surface area contributed by atoms with E-state index in [1.54, 1.807) is 10.9 Å². The molecule has 2 heterocycles. The Balaban J connectivity index is 2.07. The molecule has 0 unspecified atom stereocenters. The molecule has 0 atom stereocenters. The Hall–Kier alpha value is -2.63. The van der Waals surface area contributed by atoms with Gasteiger partial charge in [-0.05, 0) is 30.5 Å². The van der Waals surface area contributed by atoms with Crippen LogP contribution >= 0.6 is 0 Å². The van der Waals surface area contributed by atoms with Crippen LogP contribution < -0.4 is 5.56 Å². The van der Waals surface area contributed by atoms with Crippen LogP contribution in [0.25, 0.3) is 11.2 Å². The number of phenols is 1. The van der Waals surface area contributed by atoms with Crippen molar-refractivity contribution in [3.8, 4) is 5.75 Å². The van der Waals surface area contributed by atoms with Gasteiger partial charge in [0.2, 0.25) is 0 Å². The van der Waals surface area contributed by atoms with Crippen molar-refractivity contribution in [1.29, 1.82) is 0 Å². The van der Waals surface area contributed by atoms with Crippen LogP contribution in [0, 0.1) is 13.8 Å². The summed E-state index contributed by atoms with van der Waals surface area (Å²) in [5, 5.41) is 9.85. The molecule has 0 saturated heterocycles. The van der Waals surface area contributed by atoms with E-state index in [0.717, 1.165) is 16.7 Å². The number of nitrogens with zero attached hydrogens (tertiary/aromatic N) is 3. The number of phenolic OH excluding ortho intramolecular Hbond substituents is 1. The number of aromatic hydroxyl groups is 1. The molecule has 6 nitrogen and oxygen atoms in total. The van der Waals surface area contributed by atoms with E-state index >= 15 is 0 Å². The Kier molecular flexibility index (Phi) is 3.44. The quantitative estimate of drug-likeness (QED) is 0.775. The monoisotopic (exact) mass is 298 g/mol. The van der Waals surface area contributed by atoms with Crippen molar-refractivity contribution >= 4 is 11.2 Å². The molecule has 114 valence electrons. The number of hydrogen-bond donors (Lipinski definition) is 2. The fraction of sp³-hybridized carbons (Fsp3) is 0.312. The Labute approximate surface area is 127 Å². The molecule has 6 heteroatoms. The third-order valence-corrected chi connectivity index (χ3v) is 3.77. The Morgan fingerprint density at radius 2 is 1.95 bits per heavy atom. The first kappa shape index (κ1) is 14.3. The zero-order chi connectivity index (χ0) is 15.9. The van der Waals surface area contributed by atoms with Crippen LogP contribution in [0.15, 0.2) is 23.3 Å². The van der Waals surface area contributed by atoms with Gasteiger partial charge in [-0.15, -0.1) is 0 Å². The summed E-state index contributed by atoms with van der Waals surface area (Å²) >= 11 is 0. The first-order chi connectivity index (χ1) is 10.5. The fourth-order valence-electron chi connectivity index (χ4n) is 2.65. The topological polar surface area (TPSA) is 83.8 Å². The summed E-state index contributed by atoms with van der Waals surface area (Å²) in [7, 11) is 0. The maximum absolute atomic E-state index is 12.2. The molecule has 0 aliphatic rings. The molecule has 0 amide bonds. The second-order valence-corrected chi connectivity index (χ2v) is 5.49. The largest absolute Gasteiger partial charge is 0.507 e. The minimum atomic E-state index is -0.174. The van der Waals surface area contributed by atoms with Gasteiger partial charge >= 0.3 is 0 Å². The highest BCUT2D eigenvalue weighted by Crippen LogP contribution is 2.23. The van der Waals surface area contributed by atoms with Crippen molar-refractivity contribution in [2.24, 2.45) is 0 Å². The Morgan fingerprint density at radius 3 is 2.59 bits per heavy atom. The van der Waals surface area contributed by atoms with E-state index in [-0.39, 0.29) is 5.56 Å². The second-order valence-electron chi connectivity index (χ2n) is 5.49. The molecule has 3 rings (SSSR count). The third-order valence-electron chi connectivity index (χ3n) is 3.77. The van der Waals surface area contributed by atoms with Gasteiger partial charge in [0.1, 0.15) is 11.6 Å². The average Bonchev–Trinajstić information content (AvgIpc) is 2.88. The summed E-state index contributed by atoms with van der Waals surface area (Å²) in [6, 6.07) is 3.83. The minimum absolute atomic E-state index is 0.174. The molecule has 1 aromatic carbocycles. The van der Waals surface area contributed by atoms with E-state index in [4.69, 9.17) is 0 Å². The molecule has 0 spiro atoms. The summed E-state index contributed by atoms with van der Waals surface area (Å²) in [5.41, 5.74) is 3.41. The zero-order valence-corrected chi connectivity index (χ0v) is 12.8. The number of rotatable bonds is 3. The lowest BCUT2D eigenvalue weighted by atomic mass is 10.1. The molecule has 0 fully saturated rings. The highest BCUT2D eigenvalue weighted by atomic mass is 16.3. The van der Waals surface area contributed by atoms with Gasteiger partial charge in [-0.2, -0.15) is 0 Å². The molecule has 0 radical (unpaired) electrons. The number of aromatic amines is 1. The summed E-state index contributed by atoms with van der Waals surface area (Å²) in [4.78, 5) is 23.6. The fourth-order valence-corrected chi connectivity index (χ4v) is 2.65. The minimum Gasteiger partial charge on any atom is -0.507 e. The number of H-pyrrole nitrogens is 1. The van der Waals surface area contributed by atoms with Crippen LogP contribution in [0.1, 0.15) is 29.4 Å². The van der Waals surface area contributed by atoms with E-state index in [1.807, 2.05) is 32.9 Å².